The lowest BCUT2D eigenvalue weighted by Crippen LogP contribution is -2.31. The van der Waals surface area contributed by atoms with Gasteiger partial charge in [-0.1, -0.05) is 35.0 Å². The molecule has 2 unspecified atom stereocenters. The Kier molecular flexibility index (Phi) is 6.12. The Balaban J connectivity index is 2.74. The van der Waals surface area contributed by atoms with Crippen LogP contribution in [-0.4, -0.2) is 24.7 Å². The van der Waals surface area contributed by atoms with Gasteiger partial charge in [-0.25, -0.2) is 0 Å². The fraction of sp³-hybridized carbons (Fsp3) is 0.538. The Bertz CT molecular complexity index is 357. The van der Waals surface area contributed by atoms with Crippen LogP contribution in [0.25, 0.3) is 0 Å². The Morgan fingerprint density at radius 1 is 1.47 bits per heavy atom. The minimum Gasteiger partial charge on any atom is -0.387 e. The average molecular weight is 301 g/mol. The van der Waals surface area contributed by atoms with E-state index in [4.69, 9.17) is 5.73 Å². The quantitative estimate of drug-likeness (QED) is 0.753. The maximum absolute atomic E-state index is 10.1. The van der Waals surface area contributed by atoms with Gasteiger partial charge in [0.25, 0.3) is 0 Å². The maximum Gasteiger partial charge on any atom is 0.0941 e. The predicted octanol–water partition coefficient (Wildman–Crippen LogP) is 1.98. The van der Waals surface area contributed by atoms with Gasteiger partial charge in [-0.05, 0) is 43.6 Å². The smallest absolute Gasteiger partial charge is 0.0941 e. The molecule has 4 heteroatoms. The van der Waals surface area contributed by atoms with E-state index >= 15 is 0 Å². The van der Waals surface area contributed by atoms with E-state index in [0.29, 0.717) is 0 Å². The van der Waals surface area contributed by atoms with E-state index in [1.165, 1.54) is 5.56 Å². The fourth-order valence-corrected chi connectivity index (χ4v) is 2.43. The molecule has 1 aromatic rings. The average Bonchev–Trinajstić information content (AvgIpc) is 2.34. The lowest BCUT2D eigenvalue weighted by Gasteiger charge is -2.19. The molecule has 0 saturated heterocycles. The lowest BCUT2D eigenvalue weighted by atomic mass is 9.99. The predicted molar refractivity (Wildman–Crippen MR) is 75.0 cm³/mol. The Hall–Kier alpha value is -0.420. The molecule has 1 rings (SSSR count). The molecule has 0 radical (unpaired) electrons. The molecule has 0 aliphatic carbocycles. The number of hydrogen-bond donors (Lipinski definition) is 3. The molecule has 0 saturated carbocycles. The number of hydrogen-bond acceptors (Lipinski definition) is 3. The van der Waals surface area contributed by atoms with E-state index in [0.717, 1.165) is 29.4 Å². The summed E-state index contributed by atoms with van der Waals surface area (Å²) >= 11 is 3.51. The first-order valence-electron chi connectivity index (χ1n) is 5.96. The lowest BCUT2D eigenvalue weighted by molar-refractivity contribution is 0.142. The Morgan fingerprint density at radius 3 is 2.71 bits per heavy atom. The number of benzene rings is 1. The molecule has 96 valence electrons. The summed E-state index contributed by atoms with van der Waals surface area (Å²) < 4.78 is 1.04. The van der Waals surface area contributed by atoms with Crippen molar-refractivity contribution < 1.29 is 5.11 Å². The second-order valence-electron chi connectivity index (χ2n) is 4.21. The fourth-order valence-electron chi connectivity index (χ4n) is 1.75. The van der Waals surface area contributed by atoms with E-state index in [1.54, 1.807) is 0 Å². The van der Waals surface area contributed by atoms with Crippen LogP contribution in [0, 0.1) is 0 Å². The number of rotatable bonds is 6. The normalized spacial score (nSPS) is 14.6. The molecule has 0 aliphatic rings. The van der Waals surface area contributed by atoms with E-state index in [-0.39, 0.29) is 6.04 Å². The van der Waals surface area contributed by atoms with Crippen LogP contribution in [0.5, 0.6) is 0 Å². The van der Waals surface area contributed by atoms with Crippen molar-refractivity contribution in [2.75, 3.05) is 13.6 Å². The summed E-state index contributed by atoms with van der Waals surface area (Å²) in [6.07, 6.45) is 1.12. The van der Waals surface area contributed by atoms with Crippen LogP contribution >= 0.6 is 15.9 Å². The monoisotopic (exact) mass is 300 g/mol. The second kappa shape index (κ2) is 7.11. The highest BCUT2D eigenvalue weighted by atomic mass is 79.9. The van der Waals surface area contributed by atoms with Crippen molar-refractivity contribution >= 4 is 15.9 Å². The van der Waals surface area contributed by atoms with E-state index in [9.17, 15) is 5.11 Å². The van der Waals surface area contributed by atoms with Crippen LogP contribution in [0.15, 0.2) is 22.7 Å². The van der Waals surface area contributed by atoms with Gasteiger partial charge in [0.05, 0.1) is 6.10 Å². The van der Waals surface area contributed by atoms with Crippen molar-refractivity contribution in [1.82, 2.24) is 5.32 Å². The number of nitrogens with two attached hydrogens (primary N) is 1. The van der Waals surface area contributed by atoms with E-state index in [2.05, 4.69) is 28.2 Å². The zero-order chi connectivity index (χ0) is 12.8. The molecular weight excluding hydrogens is 280 g/mol. The van der Waals surface area contributed by atoms with Gasteiger partial charge in [0.2, 0.25) is 0 Å². The summed E-state index contributed by atoms with van der Waals surface area (Å²) in [5.74, 6) is 0. The van der Waals surface area contributed by atoms with Gasteiger partial charge < -0.3 is 16.2 Å². The molecule has 0 bridgehead atoms. The maximum atomic E-state index is 10.1. The molecular formula is C13H21BrN2O. The van der Waals surface area contributed by atoms with Crippen molar-refractivity contribution in [3.8, 4) is 0 Å². The third-order valence-corrected chi connectivity index (χ3v) is 3.67. The first kappa shape index (κ1) is 14.6. The standard InChI is InChI=1S/C13H21BrN2O/c1-3-9-4-5-10(8-11(9)14)13(17)12(15)6-7-16-2/h4-5,8,12-13,16-17H,3,6-7,15H2,1-2H3. The van der Waals surface area contributed by atoms with Crippen molar-refractivity contribution in [2.24, 2.45) is 5.73 Å². The summed E-state index contributed by atoms with van der Waals surface area (Å²) in [6, 6.07) is 5.71. The topological polar surface area (TPSA) is 58.3 Å². The van der Waals surface area contributed by atoms with Gasteiger partial charge in [-0.3, -0.25) is 0 Å². The molecule has 0 aliphatic heterocycles. The second-order valence-corrected chi connectivity index (χ2v) is 5.06. The molecule has 0 aromatic heterocycles. The highest BCUT2D eigenvalue weighted by Gasteiger charge is 2.17. The highest BCUT2D eigenvalue weighted by Crippen LogP contribution is 2.24. The van der Waals surface area contributed by atoms with Crippen molar-refractivity contribution in [3.05, 3.63) is 33.8 Å². The van der Waals surface area contributed by atoms with Crippen LogP contribution in [0.1, 0.15) is 30.6 Å². The van der Waals surface area contributed by atoms with Gasteiger partial charge >= 0.3 is 0 Å². The summed E-state index contributed by atoms with van der Waals surface area (Å²) in [5.41, 5.74) is 8.06. The van der Waals surface area contributed by atoms with Crippen molar-refractivity contribution in [2.45, 2.75) is 31.9 Å². The summed E-state index contributed by atoms with van der Waals surface area (Å²) in [7, 11) is 1.88. The molecule has 3 nitrogen and oxygen atoms in total. The van der Waals surface area contributed by atoms with Gasteiger partial charge in [-0.15, -0.1) is 0 Å². The molecule has 0 fully saturated rings. The van der Waals surface area contributed by atoms with E-state index < -0.39 is 6.10 Å². The van der Waals surface area contributed by atoms with Crippen molar-refractivity contribution in [1.29, 1.82) is 0 Å². The van der Waals surface area contributed by atoms with Crippen LogP contribution in [-0.2, 0) is 6.42 Å². The highest BCUT2D eigenvalue weighted by molar-refractivity contribution is 9.10. The summed E-state index contributed by atoms with van der Waals surface area (Å²) in [5, 5.41) is 13.2. The third-order valence-electron chi connectivity index (χ3n) is 2.93. The minimum absolute atomic E-state index is 0.234. The zero-order valence-corrected chi connectivity index (χ0v) is 12.0. The first-order chi connectivity index (χ1) is 8.10. The zero-order valence-electron chi connectivity index (χ0n) is 10.4. The van der Waals surface area contributed by atoms with Crippen LogP contribution < -0.4 is 11.1 Å². The molecule has 4 N–H and O–H groups in total. The molecule has 0 spiro atoms. The number of aryl methyl sites for hydroxylation is 1. The molecule has 2 atom stereocenters. The number of halogens is 1. The molecule has 0 amide bonds. The largest absolute Gasteiger partial charge is 0.387 e. The Morgan fingerprint density at radius 2 is 2.18 bits per heavy atom. The number of aliphatic hydroxyl groups excluding tert-OH is 1. The number of aliphatic hydroxyl groups is 1. The first-order valence-corrected chi connectivity index (χ1v) is 6.76. The van der Waals surface area contributed by atoms with Crippen molar-refractivity contribution in [3.63, 3.8) is 0 Å². The molecule has 0 heterocycles. The van der Waals surface area contributed by atoms with Crippen LogP contribution in [0.3, 0.4) is 0 Å². The Labute approximate surface area is 112 Å². The summed E-state index contributed by atoms with van der Waals surface area (Å²) in [6.45, 7) is 2.92. The van der Waals surface area contributed by atoms with Gasteiger partial charge in [0.1, 0.15) is 0 Å². The van der Waals surface area contributed by atoms with E-state index in [1.807, 2.05) is 25.2 Å². The van der Waals surface area contributed by atoms with Crippen LogP contribution in [0.2, 0.25) is 0 Å². The number of nitrogens with one attached hydrogen (secondary N) is 1. The SMILES string of the molecule is CCc1ccc(C(O)C(N)CCNC)cc1Br. The van der Waals surface area contributed by atoms with Gasteiger partial charge in [0, 0.05) is 10.5 Å². The van der Waals surface area contributed by atoms with Gasteiger partial charge in [-0.2, -0.15) is 0 Å². The minimum atomic E-state index is -0.606. The summed E-state index contributed by atoms with van der Waals surface area (Å²) in [4.78, 5) is 0. The van der Waals surface area contributed by atoms with Crippen LogP contribution in [0.4, 0.5) is 0 Å². The third kappa shape index (κ3) is 4.07. The molecule has 17 heavy (non-hydrogen) atoms. The van der Waals surface area contributed by atoms with Gasteiger partial charge in [0.15, 0.2) is 0 Å². The molecule has 1 aromatic carbocycles.